The highest BCUT2D eigenvalue weighted by Crippen LogP contribution is 2.22. The monoisotopic (exact) mass is 274 g/mol. The van der Waals surface area contributed by atoms with Crippen molar-refractivity contribution in [1.29, 1.82) is 0 Å². The van der Waals surface area contributed by atoms with Crippen LogP contribution in [0.3, 0.4) is 0 Å². The summed E-state index contributed by atoms with van der Waals surface area (Å²) in [4.78, 5) is 38.7. The van der Waals surface area contributed by atoms with Crippen LogP contribution in [0.25, 0.3) is 0 Å². The molecular weight excluding hydrogens is 260 g/mol. The third kappa shape index (κ3) is 2.08. The number of hydrogen-bond acceptors (Lipinski definition) is 4. The van der Waals surface area contributed by atoms with Crippen LogP contribution in [0, 0.1) is 0 Å². The molecule has 0 atom stereocenters. The molecule has 104 valence electrons. The van der Waals surface area contributed by atoms with E-state index in [1.807, 2.05) is 0 Å². The van der Waals surface area contributed by atoms with E-state index < -0.39 is 0 Å². The molecule has 0 bridgehead atoms. The summed E-state index contributed by atoms with van der Waals surface area (Å²) in [6.07, 6.45) is 0. The molecule has 1 aromatic rings. The van der Waals surface area contributed by atoms with Crippen LogP contribution in [0.4, 0.5) is 0 Å². The molecule has 0 spiro atoms. The average Bonchev–Trinajstić information content (AvgIpc) is 2.71. The number of amides is 3. The van der Waals surface area contributed by atoms with Crippen molar-refractivity contribution in [2.24, 2.45) is 0 Å². The zero-order valence-corrected chi connectivity index (χ0v) is 10.9. The van der Waals surface area contributed by atoms with E-state index >= 15 is 0 Å². The van der Waals surface area contributed by atoms with E-state index in [2.05, 4.69) is 0 Å². The van der Waals surface area contributed by atoms with E-state index in [9.17, 15) is 14.4 Å². The second kappa shape index (κ2) is 5.05. The van der Waals surface area contributed by atoms with Crippen molar-refractivity contribution in [2.75, 3.05) is 32.8 Å². The maximum atomic E-state index is 12.1. The quantitative estimate of drug-likeness (QED) is 0.735. The first-order valence-electron chi connectivity index (χ1n) is 6.49. The third-order valence-electron chi connectivity index (χ3n) is 3.56. The third-order valence-corrected chi connectivity index (χ3v) is 3.56. The van der Waals surface area contributed by atoms with Crippen LogP contribution < -0.4 is 0 Å². The van der Waals surface area contributed by atoms with Gasteiger partial charge in [-0.25, -0.2) is 0 Å². The van der Waals surface area contributed by atoms with Crippen molar-refractivity contribution in [3.05, 3.63) is 35.4 Å². The van der Waals surface area contributed by atoms with Gasteiger partial charge in [0.1, 0.15) is 6.61 Å². The Morgan fingerprint density at radius 3 is 2.25 bits per heavy atom. The number of fused-ring (bicyclic) bond motifs is 1. The van der Waals surface area contributed by atoms with Gasteiger partial charge in [-0.1, -0.05) is 12.1 Å². The molecule has 0 N–H and O–H groups in total. The highest BCUT2D eigenvalue weighted by atomic mass is 16.5. The molecule has 1 aromatic carbocycles. The highest BCUT2D eigenvalue weighted by molar-refractivity contribution is 6.21. The molecule has 6 heteroatoms. The molecule has 1 fully saturated rings. The zero-order valence-electron chi connectivity index (χ0n) is 10.9. The highest BCUT2D eigenvalue weighted by Gasteiger charge is 2.35. The molecule has 20 heavy (non-hydrogen) atoms. The SMILES string of the molecule is O=C1COCCN1CCN1C(=O)c2ccccc2C1=O. The van der Waals surface area contributed by atoms with Gasteiger partial charge in [-0.2, -0.15) is 0 Å². The predicted molar refractivity (Wildman–Crippen MR) is 69.2 cm³/mol. The molecule has 1 saturated heterocycles. The van der Waals surface area contributed by atoms with Gasteiger partial charge in [-0.05, 0) is 12.1 Å². The molecule has 0 unspecified atom stereocenters. The van der Waals surface area contributed by atoms with Crippen molar-refractivity contribution in [3.8, 4) is 0 Å². The van der Waals surface area contributed by atoms with Gasteiger partial charge in [0.2, 0.25) is 5.91 Å². The molecule has 3 rings (SSSR count). The fourth-order valence-electron chi connectivity index (χ4n) is 2.45. The molecule has 6 nitrogen and oxygen atoms in total. The Balaban J connectivity index is 1.69. The molecule has 0 aliphatic carbocycles. The first-order valence-corrected chi connectivity index (χ1v) is 6.49. The van der Waals surface area contributed by atoms with Crippen molar-refractivity contribution in [3.63, 3.8) is 0 Å². The van der Waals surface area contributed by atoms with E-state index in [4.69, 9.17) is 4.74 Å². The van der Waals surface area contributed by atoms with Crippen LogP contribution in [-0.2, 0) is 9.53 Å². The molecule has 2 aliphatic heterocycles. The molecule has 2 heterocycles. The van der Waals surface area contributed by atoms with Gasteiger partial charge in [-0.3, -0.25) is 19.3 Å². The van der Waals surface area contributed by atoms with E-state index in [0.717, 1.165) is 0 Å². The van der Waals surface area contributed by atoms with Crippen LogP contribution in [0.2, 0.25) is 0 Å². The number of imide groups is 1. The fourth-order valence-corrected chi connectivity index (χ4v) is 2.45. The number of ether oxygens (including phenoxy) is 1. The second-order valence-corrected chi connectivity index (χ2v) is 4.74. The lowest BCUT2D eigenvalue weighted by atomic mass is 10.1. The standard InChI is InChI=1S/C14H14N2O4/c17-12-9-20-8-7-15(12)5-6-16-13(18)10-3-1-2-4-11(10)14(16)19/h1-4H,5-9H2. The van der Waals surface area contributed by atoms with E-state index in [-0.39, 0.29) is 30.9 Å². The number of hydrogen-bond donors (Lipinski definition) is 0. The average molecular weight is 274 g/mol. The van der Waals surface area contributed by atoms with Crippen molar-refractivity contribution in [2.45, 2.75) is 0 Å². The summed E-state index contributed by atoms with van der Waals surface area (Å²) in [6, 6.07) is 6.77. The number of benzene rings is 1. The van der Waals surface area contributed by atoms with Crippen LogP contribution in [0.15, 0.2) is 24.3 Å². The van der Waals surface area contributed by atoms with Gasteiger partial charge < -0.3 is 9.64 Å². The Morgan fingerprint density at radius 2 is 1.65 bits per heavy atom. The van der Waals surface area contributed by atoms with Gasteiger partial charge in [0.25, 0.3) is 11.8 Å². The van der Waals surface area contributed by atoms with Gasteiger partial charge >= 0.3 is 0 Å². The maximum absolute atomic E-state index is 12.1. The summed E-state index contributed by atoms with van der Waals surface area (Å²) >= 11 is 0. The van der Waals surface area contributed by atoms with Gasteiger partial charge in [0.15, 0.2) is 0 Å². The number of carbonyl (C=O) groups excluding carboxylic acids is 3. The van der Waals surface area contributed by atoms with Crippen LogP contribution >= 0.6 is 0 Å². The topological polar surface area (TPSA) is 66.9 Å². The second-order valence-electron chi connectivity index (χ2n) is 4.74. The fraction of sp³-hybridized carbons (Fsp3) is 0.357. The predicted octanol–water partition coefficient (Wildman–Crippen LogP) is 0.141. The lowest BCUT2D eigenvalue weighted by Crippen LogP contribution is -2.46. The van der Waals surface area contributed by atoms with E-state index in [1.165, 1.54) is 4.90 Å². The Labute approximate surface area is 115 Å². The Bertz CT molecular complexity index is 549. The molecule has 2 aliphatic rings. The van der Waals surface area contributed by atoms with Crippen molar-refractivity contribution >= 4 is 17.7 Å². The summed E-state index contributed by atoms with van der Waals surface area (Å²) in [5, 5.41) is 0. The Hall–Kier alpha value is -2.21. The van der Waals surface area contributed by atoms with Gasteiger partial charge in [-0.15, -0.1) is 0 Å². The van der Waals surface area contributed by atoms with E-state index in [1.54, 1.807) is 29.2 Å². The first-order chi connectivity index (χ1) is 9.68. The summed E-state index contributed by atoms with van der Waals surface area (Å²) in [7, 11) is 0. The number of rotatable bonds is 3. The van der Waals surface area contributed by atoms with Crippen molar-refractivity contribution in [1.82, 2.24) is 9.80 Å². The van der Waals surface area contributed by atoms with Crippen LogP contribution in [-0.4, -0.2) is 60.4 Å². The van der Waals surface area contributed by atoms with Crippen LogP contribution in [0.1, 0.15) is 20.7 Å². The molecule has 0 aromatic heterocycles. The molecule has 0 saturated carbocycles. The normalized spacial score (nSPS) is 18.7. The molecular formula is C14H14N2O4. The lowest BCUT2D eigenvalue weighted by molar-refractivity contribution is -0.142. The maximum Gasteiger partial charge on any atom is 0.261 e. The Morgan fingerprint density at radius 1 is 1.00 bits per heavy atom. The molecule has 3 amide bonds. The number of carbonyl (C=O) groups is 3. The minimum atomic E-state index is -0.286. The van der Waals surface area contributed by atoms with Gasteiger partial charge in [0, 0.05) is 19.6 Å². The lowest BCUT2D eigenvalue weighted by Gasteiger charge is -2.28. The largest absolute Gasteiger partial charge is 0.370 e. The van der Waals surface area contributed by atoms with E-state index in [0.29, 0.717) is 30.8 Å². The smallest absolute Gasteiger partial charge is 0.261 e. The number of morpholine rings is 1. The first kappa shape index (κ1) is 12.8. The van der Waals surface area contributed by atoms with Crippen molar-refractivity contribution < 1.29 is 19.1 Å². The van der Waals surface area contributed by atoms with Crippen LogP contribution in [0.5, 0.6) is 0 Å². The molecule has 0 radical (unpaired) electrons. The number of nitrogens with zero attached hydrogens (tertiary/aromatic N) is 2. The minimum Gasteiger partial charge on any atom is -0.370 e. The van der Waals surface area contributed by atoms with Gasteiger partial charge in [0.05, 0.1) is 17.7 Å². The summed E-state index contributed by atoms with van der Waals surface area (Å²) in [5.41, 5.74) is 0.872. The summed E-state index contributed by atoms with van der Waals surface area (Å²) in [5.74, 6) is -0.675. The minimum absolute atomic E-state index is 0.0715. The zero-order chi connectivity index (χ0) is 14.1. The summed E-state index contributed by atoms with van der Waals surface area (Å²) < 4.78 is 5.04. The Kier molecular flexibility index (Phi) is 3.23. The summed E-state index contributed by atoms with van der Waals surface area (Å²) in [6.45, 7) is 1.64.